The second kappa shape index (κ2) is 10.1. The van der Waals surface area contributed by atoms with E-state index in [-0.39, 0.29) is 47.7 Å². The van der Waals surface area contributed by atoms with E-state index in [1.54, 1.807) is 14.0 Å². The largest absolute Gasteiger partial charge is 0.443 e. The molecular formula is C25H41ClN4O4. The van der Waals surface area contributed by atoms with Gasteiger partial charge in [0.25, 0.3) is 0 Å². The number of hydrogen-bond acceptors (Lipinski definition) is 6. The topological polar surface area (TPSA) is 74.3 Å². The van der Waals surface area contributed by atoms with Crippen LogP contribution in [0, 0.1) is 11.8 Å². The molecule has 5 rings (SSSR count). The number of ether oxygens (including phenoxy) is 2. The Hall–Kier alpha value is -1.09. The van der Waals surface area contributed by atoms with Gasteiger partial charge in [0.15, 0.2) is 0 Å². The fourth-order valence-electron chi connectivity index (χ4n) is 7.07. The molecule has 0 spiro atoms. The third-order valence-corrected chi connectivity index (χ3v) is 9.37. The summed E-state index contributed by atoms with van der Waals surface area (Å²) in [7, 11) is 1.66. The van der Waals surface area contributed by atoms with Crippen molar-refractivity contribution in [2.24, 2.45) is 11.8 Å². The number of carbonyl (C=O) groups excluding carboxylic acids is 2. The number of nitrogens with zero attached hydrogens (tertiary/aromatic N) is 3. The van der Waals surface area contributed by atoms with E-state index in [0.29, 0.717) is 30.8 Å². The van der Waals surface area contributed by atoms with Crippen molar-refractivity contribution in [2.75, 3.05) is 26.7 Å². The number of rotatable bonds is 4. The number of methoxy groups -OCH3 is 1. The van der Waals surface area contributed by atoms with Crippen molar-refractivity contribution in [2.45, 2.75) is 107 Å². The Labute approximate surface area is 208 Å². The maximum atomic E-state index is 13.6. The Bertz CT molecular complexity index is 767. The lowest BCUT2D eigenvalue weighted by Gasteiger charge is -2.54. The molecule has 0 radical (unpaired) electrons. The van der Waals surface area contributed by atoms with Gasteiger partial charge < -0.3 is 19.3 Å². The minimum atomic E-state index is -0.266. The number of carbonyl (C=O) groups is 2. The van der Waals surface area contributed by atoms with Gasteiger partial charge in [-0.15, -0.1) is 11.6 Å². The molecule has 1 N–H and O–H groups in total. The van der Waals surface area contributed by atoms with Crippen LogP contribution < -0.4 is 5.43 Å². The first-order valence-corrected chi connectivity index (χ1v) is 13.7. The van der Waals surface area contributed by atoms with Gasteiger partial charge in [0.05, 0.1) is 18.2 Å². The van der Waals surface area contributed by atoms with Crippen LogP contribution in [0.3, 0.4) is 0 Å². The molecule has 3 saturated carbocycles. The van der Waals surface area contributed by atoms with Gasteiger partial charge in [0, 0.05) is 51.1 Å². The molecule has 5 fully saturated rings. The van der Waals surface area contributed by atoms with E-state index in [4.69, 9.17) is 21.1 Å². The third kappa shape index (κ3) is 4.93. The molecule has 34 heavy (non-hydrogen) atoms. The fraction of sp³-hybridized carbons (Fsp3) is 0.920. The van der Waals surface area contributed by atoms with Crippen LogP contribution in [-0.2, 0) is 14.3 Å². The molecule has 2 amide bonds. The molecule has 0 aromatic carbocycles. The summed E-state index contributed by atoms with van der Waals surface area (Å²) in [4.78, 5) is 30.1. The molecule has 2 heterocycles. The number of hydrogen-bond donors (Lipinski definition) is 1. The summed E-state index contributed by atoms with van der Waals surface area (Å²) in [5.41, 5.74) is 3.61. The van der Waals surface area contributed by atoms with Crippen molar-refractivity contribution in [3.63, 3.8) is 0 Å². The van der Waals surface area contributed by atoms with Gasteiger partial charge in [-0.1, -0.05) is 0 Å². The Balaban J connectivity index is 1.30. The van der Waals surface area contributed by atoms with Gasteiger partial charge in [-0.2, -0.15) is 0 Å². The zero-order chi connectivity index (χ0) is 24.0. The highest BCUT2D eigenvalue weighted by atomic mass is 35.5. The van der Waals surface area contributed by atoms with Gasteiger partial charge in [0.1, 0.15) is 6.10 Å². The third-order valence-electron chi connectivity index (χ3n) is 8.98. The van der Waals surface area contributed by atoms with Gasteiger partial charge in [0.2, 0.25) is 5.91 Å². The van der Waals surface area contributed by atoms with Gasteiger partial charge >= 0.3 is 6.09 Å². The number of amides is 2. The first-order valence-electron chi connectivity index (χ1n) is 13.3. The molecule has 9 heteroatoms. The van der Waals surface area contributed by atoms with Crippen LogP contribution >= 0.6 is 11.6 Å². The van der Waals surface area contributed by atoms with E-state index in [2.05, 4.69) is 17.4 Å². The molecule has 8 nitrogen and oxygen atoms in total. The Morgan fingerprint density at radius 2 is 1.74 bits per heavy atom. The normalized spacial score (nSPS) is 41.3. The van der Waals surface area contributed by atoms with E-state index in [9.17, 15) is 9.59 Å². The zero-order valence-electron chi connectivity index (χ0n) is 20.8. The monoisotopic (exact) mass is 496 g/mol. The average Bonchev–Trinajstić information content (AvgIpc) is 3.55. The van der Waals surface area contributed by atoms with Crippen molar-refractivity contribution in [1.82, 2.24) is 20.2 Å². The zero-order valence-corrected chi connectivity index (χ0v) is 21.6. The van der Waals surface area contributed by atoms with E-state index >= 15 is 0 Å². The maximum Gasteiger partial charge on any atom is 0.410 e. The Morgan fingerprint density at radius 1 is 0.941 bits per heavy atom. The van der Waals surface area contributed by atoms with Gasteiger partial charge in [-0.3, -0.25) is 10.2 Å². The first kappa shape index (κ1) is 24.6. The average molecular weight is 497 g/mol. The maximum absolute atomic E-state index is 13.6. The summed E-state index contributed by atoms with van der Waals surface area (Å²) in [5.74, 6) is 1.26. The summed E-state index contributed by atoms with van der Waals surface area (Å²) in [5, 5.41) is 2.50. The minimum Gasteiger partial charge on any atom is -0.443 e. The fourth-order valence-corrected chi connectivity index (χ4v) is 7.37. The van der Waals surface area contributed by atoms with Gasteiger partial charge in [-0.25, -0.2) is 9.80 Å². The molecular weight excluding hydrogens is 456 g/mol. The quantitative estimate of drug-likeness (QED) is 0.603. The molecule has 3 aliphatic carbocycles. The molecule has 5 aliphatic rings. The van der Waals surface area contributed by atoms with Crippen molar-refractivity contribution in [3.8, 4) is 0 Å². The molecule has 8 atom stereocenters. The molecule has 0 aromatic rings. The van der Waals surface area contributed by atoms with Crippen LogP contribution in [-0.4, -0.2) is 95.3 Å². The SMILES string of the molecule is COC1CC(Cl)CCC1OC(=O)N1C[C@H](C)N(C(C)=O)C2CCC(C3CNN(C4CC4)C3)CC21. The Morgan fingerprint density at radius 3 is 2.44 bits per heavy atom. The highest BCUT2D eigenvalue weighted by Crippen LogP contribution is 2.41. The van der Waals surface area contributed by atoms with Crippen molar-refractivity contribution >= 4 is 23.6 Å². The van der Waals surface area contributed by atoms with Crippen molar-refractivity contribution in [1.29, 1.82) is 0 Å². The van der Waals surface area contributed by atoms with E-state index in [1.807, 2.05) is 9.80 Å². The number of alkyl halides is 1. The van der Waals surface area contributed by atoms with Crippen LogP contribution in [0.25, 0.3) is 0 Å². The van der Waals surface area contributed by atoms with E-state index in [0.717, 1.165) is 45.2 Å². The second-order valence-electron chi connectivity index (χ2n) is 11.2. The molecule has 0 bridgehead atoms. The minimum absolute atomic E-state index is 0.00619. The lowest BCUT2D eigenvalue weighted by Crippen LogP contribution is -2.67. The first-order chi connectivity index (χ1) is 16.4. The van der Waals surface area contributed by atoms with Crippen LogP contribution in [0.2, 0.25) is 0 Å². The predicted molar refractivity (Wildman–Crippen MR) is 129 cm³/mol. The lowest BCUT2D eigenvalue weighted by atomic mass is 9.73. The number of halogens is 1. The summed E-state index contributed by atoms with van der Waals surface area (Å²) in [6.07, 6.45) is 7.16. The van der Waals surface area contributed by atoms with E-state index < -0.39 is 0 Å². The summed E-state index contributed by atoms with van der Waals surface area (Å²) < 4.78 is 11.7. The predicted octanol–water partition coefficient (Wildman–Crippen LogP) is 2.99. The summed E-state index contributed by atoms with van der Waals surface area (Å²) >= 11 is 6.33. The molecule has 2 saturated heterocycles. The highest BCUT2D eigenvalue weighted by molar-refractivity contribution is 6.20. The van der Waals surface area contributed by atoms with Crippen molar-refractivity contribution < 1.29 is 19.1 Å². The van der Waals surface area contributed by atoms with Crippen molar-refractivity contribution in [3.05, 3.63) is 0 Å². The summed E-state index contributed by atoms with van der Waals surface area (Å²) in [6, 6.07) is 0.772. The van der Waals surface area contributed by atoms with Crippen LogP contribution in [0.4, 0.5) is 4.79 Å². The second-order valence-corrected chi connectivity index (χ2v) is 11.9. The molecule has 0 aromatic heterocycles. The number of hydrazine groups is 1. The smallest absolute Gasteiger partial charge is 0.410 e. The van der Waals surface area contributed by atoms with Crippen LogP contribution in [0.5, 0.6) is 0 Å². The Kier molecular flexibility index (Phi) is 7.32. The number of nitrogens with one attached hydrogen (secondary N) is 1. The van der Waals surface area contributed by atoms with Gasteiger partial charge in [-0.05, 0) is 70.1 Å². The standard InChI is InChI=1S/C25H41ClN4O4/c1-15-13-28(25(32)34-23-9-5-19(26)11-24(23)33-3)22-10-17(4-8-21(22)30(15)16(2)31)18-12-27-29(14-18)20-6-7-20/h15,17-24,27H,4-14H2,1-3H3/t15-,17?,18?,19?,21?,22?,23?,24?/m0/s1. The molecule has 7 unspecified atom stereocenters. The molecule has 192 valence electrons. The number of piperazine rings is 1. The summed E-state index contributed by atoms with van der Waals surface area (Å²) in [6.45, 7) is 6.35. The van der Waals surface area contributed by atoms with Crippen LogP contribution in [0.15, 0.2) is 0 Å². The number of fused-ring (bicyclic) bond motifs is 1. The highest BCUT2D eigenvalue weighted by Gasteiger charge is 2.49. The van der Waals surface area contributed by atoms with Crippen LogP contribution in [0.1, 0.15) is 65.2 Å². The van der Waals surface area contributed by atoms with E-state index in [1.165, 1.54) is 12.8 Å². The molecule has 2 aliphatic heterocycles. The lowest BCUT2D eigenvalue weighted by molar-refractivity contribution is -0.143.